The Kier molecular flexibility index (Phi) is 6.36. The van der Waals surface area contributed by atoms with Gasteiger partial charge < -0.3 is 10.2 Å². The molecule has 1 saturated carbocycles. The summed E-state index contributed by atoms with van der Waals surface area (Å²) in [4.78, 5) is 4.61. The van der Waals surface area contributed by atoms with E-state index in [9.17, 15) is 0 Å². The number of nitrogens with two attached hydrogens (primary N) is 1. The van der Waals surface area contributed by atoms with Crippen LogP contribution in [0.3, 0.4) is 0 Å². The van der Waals surface area contributed by atoms with Crippen LogP contribution in [0.4, 0.5) is 0 Å². The highest BCUT2D eigenvalue weighted by atomic mass is 16.5. The quantitative estimate of drug-likeness (QED) is 0.245. The topological polar surface area (TPSA) is 59.6 Å². The Morgan fingerprint density at radius 1 is 1.33 bits per heavy atom. The molecule has 0 radical (unpaired) electrons. The number of hydrazine groups is 1. The fourth-order valence-electron chi connectivity index (χ4n) is 1.92. The average Bonchev–Trinajstić information content (AvgIpc) is 2.52. The lowest BCUT2D eigenvalue weighted by atomic mass is 10.1. The van der Waals surface area contributed by atoms with Crippen LogP contribution in [0.5, 0.6) is 0 Å². The van der Waals surface area contributed by atoms with Crippen molar-refractivity contribution in [3.05, 3.63) is 0 Å². The van der Waals surface area contributed by atoms with Crippen LogP contribution in [0.25, 0.3) is 0 Å². The first-order valence-corrected chi connectivity index (χ1v) is 5.97. The van der Waals surface area contributed by atoms with Crippen molar-refractivity contribution >= 4 is 5.84 Å². The van der Waals surface area contributed by atoms with E-state index in [-0.39, 0.29) is 0 Å². The summed E-state index contributed by atoms with van der Waals surface area (Å²) in [5, 5.41) is 0. The molecule has 4 nitrogen and oxygen atoms in total. The number of nitrogens with zero attached hydrogens (tertiary/aromatic N) is 1. The summed E-state index contributed by atoms with van der Waals surface area (Å²) in [6, 6.07) is 0.444. The summed E-state index contributed by atoms with van der Waals surface area (Å²) in [5.41, 5.74) is 2.63. The van der Waals surface area contributed by atoms with Crippen LogP contribution in [-0.4, -0.2) is 25.1 Å². The summed E-state index contributed by atoms with van der Waals surface area (Å²) in [6.07, 6.45) is 7.67. The molecule has 1 aliphatic carbocycles. The normalized spacial score (nSPS) is 20.0. The van der Waals surface area contributed by atoms with Crippen LogP contribution in [0.1, 0.15) is 45.4 Å². The molecule has 0 heterocycles. The predicted molar refractivity (Wildman–Crippen MR) is 62.7 cm³/mol. The van der Waals surface area contributed by atoms with Gasteiger partial charge in [-0.1, -0.05) is 25.7 Å². The first-order valence-electron chi connectivity index (χ1n) is 5.97. The van der Waals surface area contributed by atoms with Gasteiger partial charge in [0.25, 0.3) is 0 Å². The van der Waals surface area contributed by atoms with Gasteiger partial charge >= 0.3 is 0 Å². The second-order valence-electron chi connectivity index (χ2n) is 4.00. The molecular weight excluding hydrogens is 190 g/mol. The van der Waals surface area contributed by atoms with Crippen molar-refractivity contribution in [3.8, 4) is 0 Å². The second kappa shape index (κ2) is 7.65. The summed E-state index contributed by atoms with van der Waals surface area (Å²) < 4.78 is 5.29. The highest BCUT2D eigenvalue weighted by molar-refractivity contribution is 5.82. The second-order valence-corrected chi connectivity index (χ2v) is 4.00. The lowest BCUT2D eigenvalue weighted by molar-refractivity contribution is 0.185. The minimum Gasteiger partial charge on any atom is -0.374 e. The number of nitrogens with one attached hydrogen (secondary N) is 1. The first kappa shape index (κ1) is 12.5. The summed E-state index contributed by atoms with van der Waals surface area (Å²) in [7, 11) is 0. The molecule has 0 amide bonds. The lowest BCUT2D eigenvalue weighted by Crippen LogP contribution is -2.35. The molecule has 1 rings (SSSR count). The van der Waals surface area contributed by atoms with Crippen molar-refractivity contribution in [1.82, 2.24) is 5.43 Å². The van der Waals surface area contributed by atoms with Gasteiger partial charge in [-0.25, -0.2) is 5.84 Å². The number of rotatable bonds is 4. The average molecular weight is 213 g/mol. The maximum absolute atomic E-state index is 5.41. The van der Waals surface area contributed by atoms with Crippen molar-refractivity contribution in [2.24, 2.45) is 10.8 Å². The first-order chi connectivity index (χ1) is 7.36. The highest BCUT2D eigenvalue weighted by Crippen LogP contribution is 2.19. The minimum absolute atomic E-state index is 0.444. The Labute approximate surface area is 92.3 Å². The van der Waals surface area contributed by atoms with Gasteiger partial charge in [0.2, 0.25) is 0 Å². The van der Waals surface area contributed by atoms with Gasteiger partial charge in [0.15, 0.2) is 0 Å². The van der Waals surface area contributed by atoms with E-state index >= 15 is 0 Å². The Hall–Kier alpha value is -0.610. The van der Waals surface area contributed by atoms with Gasteiger partial charge in [-0.05, 0) is 19.8 Å². The van der Waals surface area contributed by atoms with E-state index in [0.29, 0.717) is 19.3 Å². The molecular formula is C11H23N3O. The molecule has 0 unspecified atom stereocenters. The summed E-state index contributed by atoms with van der Waals surface area (Å²) >= 11 is 0. The van der Waals surface area contributed by atoms with Crippen molar-refractivity contribution in [2.75, 3.05) is 13.2 Å². The molecule has 3 N–H and O–H groups in total. The van der Waals surface area contributed by atoms with E-state index in [0.717, 1.165) is 5.84 Å². The van der Waals surface area contributed by atoms with Crippen LogP contribution >= 0.6 is 0 Å². The highest BCUT2D eigenvalue weighted by Gasteiger charge is 2.11. The van der Waals surface area contributed by atoms with E-state index in [1.165, 1.54) is 38.5 Å². The van der Waals surface area contributed by atoms with Gasteiger partial charge in [-0.2, -0.15) is 0 Å². The number of amidine groups is 1. The zero-order valence-corrected chi connectivity index (χ0v) is 9.67. The molecule has 0 atom stereocenters. The molecule has 0 aromatic heterocycles. The van der Waals surface area contributed by atoms with Gasteiger partial charge in [-0.3, -0.25) is 4.99 Å². The van der Waals surface area contributed by atoms with Gasteiger partial charge in [0.1, 0.15) is 12.4 Å². The van der Waals surface area contributed by atoms with Crippen molar-refractivity contribution in [1.29, 1.82) is 0 Å². The molecule has 0 aromatic rings. The molecule has 0 bridgehead atoms. The third-order valence-electron chi connectivity index (χ3n) is 2.77. The summed E-state index contributed by atoms with van der Waals surface area (Å²) in [5.74, 6) is 6.19. The van der Waals surface area contributed by atoms with Crippen LogP contribution in [0.15, 0.2) is 4.99 Å². The lowest BCUT2D eigenvalue weighted by Gasteiger charge is -2.12. The van der Waals surface area contributed by atoms with E-state index in [1.54, 1.807) is 0 Å². The van der Waals surface area contributed by atoms with E-state index in [1.807, 2.05) is 6.92 Å². The van der Waals surface area contributed by atoms with Crippen molar-refractivity contribution in [3.63, 3.8) is 0 Å². The molecule has 0 spiro atoms. The largest absolute Gasteiger partial charge is 0.374 e. The molecule has 1 aliphatic rings. The van der Waals surface area contributed by atoms with Crippen molar-refractivity contribution < 1.29 is 4.74 Å². The van der Waals surface area contributed by atoms with Crippen molar-refractivity contribution in [2.45, 2.75) is 51.5 Å². The molecule has 88 valence electrons. The Balaban J connectivity index is 2.40. The van der Waals surface area contributed by atoms with E-state index in [4.69, 9.17) is 10.6 Å². The number of hydrogen-bond donors (Lipinski definition) is 2. The third kappa shape index (κ3) is 5.14. The van der Waals surface area contributed by atoms with Gasteiger partial charge in [0.05, 0.1) is 6.04 Å². The van der Waals surface area contributed by atoms with Gasteiger partial charge in [-0.15, -0.1) is 0 Å². The summed E-state index contributed by atoms with van der Waals surface area (Å²) in [6.45, 7) is 3.18. The molecule has 0 aromatic carbocycles. The van der Waals surface area contributed by atoms with Crippen LogP contribution in [0, 0.1) is 0 Å². The zero-order chi connectivity index (χ0) is 10.9. The van der Waals surface area contributed by atoms with Crippen LogP contribution in [0.2, 0.25) is 0 Å². The SMILES string of the molecule is CCOCC(=NC1CCCCCC1)NN. The molecule has 15 heavy (non-hydrogen) atoms. The van der Waals surface area contributed by atoms with E-state index < -0.39 is 0 Å². The Bertz CT molecular complexity index is 186. The number of hydrogen-bond acceptors (Lipinski definition) is 3. The maximum atomic E-state index is 5.41. The number of ether oxygens (including phenoxy) is 1. The number of aliphatic imine (C=N–C) groups is 1. The molecule has 0 saturated heterocycles. The molecule has 4 heteroatoms. The van der Waals surface area contributed by atoms with Crippen LogP contribution < -0.4 is 11.3 Å². The molecule has 1 fully saturated rings. The predicted octanol–water partition coefficient (Wildman–Crippen LogP) is 1.61. The monoisotopic (exact) mass is 213 g/mol. The third-order valence-corrected chi connectivity index (χ3v) is 2.77. The van der Waals surface area contributed by atoms with Crippen LogP contribution in [-0.2, 0) is 4.74 Å². The smallest absolute Gasteiger partial charge is 0.137 e. The Morgan fingerprint density at radius 2 is 2.00 bits per heavy atom. The Morgan fingerprint density at radius 3 is 2.53 bits per heavy atom. The fraction of sp³-hybridized carbons (Fsp3) is 0.909. The zero-order valence-electron chi connectivity index (χ0n) is 9.67. The van der Waals surface area contributed by atoms with E-state index in [2.05, 4.69) is 10.4 Å². The van der Waals surface area contributed by atoms with Gasteiger partial charge in [0, 0.05) is 6.61 Å². The minimum atomic E-state index is 0.444. The molecule has 0 aliphatic heterocycles. The maximum Gasteiger partial charge on any atom is 0.137 e. The fourth-order valence-corrected chi connectivity index (χ4v) is 1.92. The standard InChI is InChI=1S/C11H23N3O/c1-2-15-9-11(14-12)13-10-7-5-3-4-6-8-10/h10H,2-9,12H2,1H3,(H,13,14).